The predicted molar refractivity (Wildman–Crippen MR) is 55.7 cm³/mol. The summed E-state index contributed by atoms with van der Waals surface area (Å²) in [6, 6.07) is 2.67. The average molecular weight is 211 g/mol. The van der Waals surface area contributed by atoms with E-state index in [-0.39, 0.29) is 24.2 Å². The molecule has 0 aliphatic heterocycles. The lowest BCUT2D eigenvalue weighted by Gasteiger charge is -2.13. The lowest BCUT2D eigenvalue weighted by Crippen LogP contribution is -2.23. The minimum absolute atomic E-state index is 0.0791. The number of rotatable bonds is 5. The maximum absolute atomic E-state index is 10.6. The number of anilines is 1. The minimum atomic E-state index is -0.501. The third-order valence-electron chi connectivity index (χ3n) is 2.04. The van der Waals surface area contributed by atoms with E-state index in [9.17, 15) is 10.1 Å². The predicted octanol–water partition coefficient (Wildman–Crippen LogP) is 1.17. The lowest BCUT2D eigenvalue weighted by molar-refractivity contribution is -0.384. The fourth-order valence-electron chi connectivity index (χ4n) is 1.13. The van der Waals surface area contributed by atoms with Crippen LogP contribution in [0.1, 0.15) is 13.3 Å². The lowest BCUT2D eigenvalue weighted by atomic mass is 10.2. The van der Waals surface area contributed by atoms with Crippen molar-refractivity contribution in [1.29, 1.82) is 0 Å². The molecule has 0 aliphatic carbocycles. The maximum Gasteiger partial charge on any atom is 0.311 e. The Kier molecular flexibility index (Phi) is 3.99. The van der Waals surface area contributed by atoms with Gasteiger partial charge in [-0.1, -0.05) is 6.92 Å². The van der Waals surface area contributed by atoms with Gasteiger partial charge in [-0.25, -0.2) is 4.98 Å². The molecule has 0 aromatic carbocycles. The van der Waals surface area contributed by atoms with Crippen molar-refractivity contribution in [3.8, 4) is 0 Å². The Labute approximate surface area is 87.1 Å². The van der Waals surface area contributed by atoms with Gasteiger partial charge >= 0.3 is 5.69 Å². The Morgan fingerprint density at radius 3 is 3.00 bits per heavy atom. The molecule has 0 aliphatic rings. The third kappa shape index (κ3) is 2.88. The molecule has 0 radical (unpaired) electrons. The number of hydrogen-bond acceptors (Lipinski definition) is 5. The first kappa shape index (κ1) is 11.4. The van der Waals surface area contributed by atoms with Crippen molar-refractivity contribution in [3.63, 3.8) is 0 Å². The van der Waals surface area contributed by atoms with Gasteiger partial charge < -0.3 is 10.4 Å². The number of aliphatic hydroxyl groups excluding tert-OH is 1. The van der Waals surface area contributed by atoms with E-state index in [1.807, 2.05) is 6.92 Å². The highest BCUT2D eigenvalue weighted by Crippen LogP contribution is 2.21. The molecule has 2 N–H and O–H groups in total. The van der Waals surface area contributed by atoms with Crippen LogP contribution in [0.2, 0.25) is 0 Å². The van der Waals surface area contributed by atoms with Crippen LogP contribution in [0.4, 0.5) is 11.5 Å². The number of pyridine rings is 1. The Morgan fingerprint density at radius 1 is 1.73 bits per heavy atom. The largest absolute Gasteiger partial charge is 0.394 e. The quantitative estimate of drug-likeness (QED) is 0.563. The summed E-state index contributed by atoms with van der Waals surface area (Å²) in [5, 5.41) is 22.4. The molecule has 1 heterocycles. The van der Waals surface area contributed by atoms with E-state index in [4.69, 9.17) is 5.11 Å². The number of nitrogens with zero attached hydrogens (tertiary/aromatic N) is 2. The number of aliphatic hydroxyl groups is 1. The molecule has 6 heteroatoms. The average Bonchev–Trinajstić information content (AvgIpc) is 2.26. The minimum Gasteiger partial charge on any atom is -0.394 e. The first-order valence-corrected chi connectivity index (χ1v) is 4.65. The van der Waals surface area contributed by atoms with E-state index < -0.39 is 4.92 Å². The molecule has 1 aromatic rings. The Balaban J connectivity index is 2.88. The van der Waals surface area contributed by atoms with Crippen LogP contribution < -0.4 is 5.32 Å². The van der Waals surface area contributed by atoms with Gasteiger partial charge in [0.2, 0.25) is 5.82 Å². The number of hydrogen-bond donors (Lipinski definition) is 2. The summed E-state index contributed by atoms with van der Waals surface area (Å²) in [7, 11) is 0. The zero-order valence-electron chi connectivity index (χ0n) is 8.38. The standard InChI is InChI=1S/C9H13N3O3/c1-2-7(6-13)11-9-8(12(14)15)4-3-5-10-9/h3-5,7,13H,2,6H2,1H3,(H,10,11)/t7-/m1/s1. The molecule has 82 valence electrons. The van der Waals surface area contributed by atoms with Gasteiger partial charge in [0.25, 0.3) is 0 Å². The summed E-state index contributed by atoms with van der Waals surface area (Å²) < 4.78 is 0. The van der Waals surface area contributed by atoms with Crippen LogP contribution in [0.25, 0.3) is 0 Å². The molecule has 0 saturated heterocycles. The van der Waals surface area contributed by atoms with Crippen molar-refractivity contribution in [2.75, 3.05) is 11.9 Å². The first-order chi connectivity index (χ1) is 7.19. The van der Waals surface area contributed by atoms with Crippen LogP contribution in [-0.2, 0) is 0 Å². The van der Waals surface area contributed by atoms with Crippen molar-refractivity contribution in [2.45, 2.75) is 19.4 Å². The van der Waals surface area contributed by atoms with E-state index in [0.29, 0.717) is 6.42 Å². The van der Waals surface area contributed by atoms with Crippen LogP contribution in [0.5, 0.6) is 0 Å². The second kappa shape index (κ2) is 5.26. The summed E-state index contributed by atoms with van der Waals surface area (Å²) >= 11 is 0. The van der Waals surface area contributed by atoms with Crippen LogP contribution in [0.3, 0.4) is 0 Å². The molecule has 6 nitrogen and oxygen atoms in total. The molecule has 0 unspecified atom stereocenters. The molecule has 1 atom stereocenters. The van der Waals surface area contributed by atoms with Crippen molar-refractivity contribution in [3.05, 3.63) is 28.4 Å². The van der Waals surface area contributed by atoms with E-state index in [2.05, 4.69) is 10.3 Å². The summed E-state index contributed by atoms with van der Waals surface area (Å²) in [5.74, 6) is 0.198. The molecule has 1 aromatic heterocycles. The molecule has 1 rings (SSSR count). The highest BCUT2D eigenvalue weighted by molar-refractivity contribution is 5.55. The molecule has 0 saturated carbocycles. The molecule has 0 spiro atoms. The van der Waals surface area contributed by atoms with Gasteiger partial charge in [-0.15, -0.1) is 0 Å². The summed E-state index contributed by atoms with van der Waals surface area (Å²) in [5.41, 5.74) is -0.0793. The normalized spacial score (nSPS) is 12.1. The SMILES string of the molecule is CC[C@H](CO)Nc1ncccc1[N+](=O)[O-]. The van der Waals surface area contributed by atoms with E-state index in [1.165, 1.54) is 18.3 Å². The van der Waals surface area contributed by atoms with Crippen molar-refractivity contribution < 1.29 is 10.0 Å². The van der Waals surface area contributed by atoms with Crippen LogP contribution in [0, 0.1) is 10.1 Å². The van der Waals surface area contributed by atoms with Gasteiger partial charge in [0, 0.05) is 12.3 Å². The highest BCUT2D eigenvalue weighted by Gasteiger charge is 2.16. The first-order valence-electron chi connectivity index (χ1n) is 4.65. The van der Waals surface area contributed by atoms with Crippen LogP contribution >= 0.6 is 0 Å². The van der Waals surface area contributed by atoms with Gasteiger partial charge in [-0.2, -0.15) is 0 Å². The second-order valence-corrected chi connectivity index (χ2v) is 3.06. The van der Waals surface area contributed by atoms with Crippen LogP contribution in [0.15, 0.2) is 18.3 Å². The van der Waals surface area contributed by atoms with Gasteiger partial charge in [0.15, 0.2) is 0 Å². The third-order valence-corrected chi connectivity index (χ3v) is 2.04. The smallest absolute Gasteiger partial charge is 0.311 e. The van der Waals surface area contributed by atoms with Gasteiger partial charge in [-0.05, 0) is 12.5 Å². The zero-order chi connectivity index (χ0) is 11.3. The molecule has 0 bridgehead atoms. The van der Waals surface area contributed by atoms with E-state index in [0.717, 1.165) is 0 Å². The fraction of sp³-hybridized carbons (Fsp3) is 0.444. The maximum atomic E-state index is 10.6. The number of aromatic nitrogens is 1. The van der Waals surface area contributed by atoms with Crippen molar-refractivity contribution in [1.82, 2.24) is 4.98 Å². The monoisotopic (exact) mass is 211 g/mol. The summed E-state index contributed by atoms with van der Waals surface area (Å²) in [6.07, 6.45) is 2.14. The molecule has 15 heavy (non-hydrogen) atoms. The zero-order valence-corrected chi connectivity index (χ0v) is 8.38. The van der Waals surface area contributed by atoms with Gasteiger partial charge in [-0.3, -0.25) is 10.1 Å². The molecular formula is C9H13N3O3. The van der Waals surface area contributed by atoms with Gasteiger partial charge in [0.05, 0.1) is 17.6 Å². The molecular weight excluding hydrogens is 198 g/mol. The molecule has 0 fully saturated rings. The van der Waals surface area contributed by atoms with E-state index >= 15 is 0 Å². The van der Waals surface area contributed by atoms with Crippen molar-refractivity contribution >= 4 is 11.5 Å². The Morgan fingerprint density at radius 2 is 2.47 bits per heavy atom. The fourth-order valence-corrected chi connectivity index (χ4v) is 1.13. The summed E-state index contributed by atoms with van der Waals surface area (Å²) in [4.78, 5) is 14.0. The number of nitrogens with one attached hydrogen (secondary N) is 1. The van der Waals surface area contributed by atoms with Crippen molar-refractivity contribution in [2.24, 2.45) is 0 Å². The van der Waals surface area contributed by atoms with Gasteiger partial charge in [0.1, 0.15) is 0 Å². The number of nitro groups is 1. The Bertz CT molecular complexity index is 339. The highest BCUT2D eigenvalue weighted by atomic mass is 16.6. The Hall–Kier alpha value is -1.69. The molecule has 0 amide bonds. The topological polar surface area (TPSA) is 88.3 Å². The summed E-state index contributed by atoms with van der Waals surface area (Å²) in [6.45, 7) is 1.80. The van der Waals surface area contributed by atoms with E-state index in [1.54, 1.807) is 0 Å². The van der Waals surface area contributed by atoms with Crippen LogP contribution in [-0.4, -0.2) is 27.7 Å². The second-order valence-electron chi connectivity index (χ2n) is 3.06.